The molecule has 148 valence electrons. The summed E-state index contributed by atoms with van der Waals surface area (Å²) in [5, 5.41) is 3.63. The minimum Gasteiger partial charge on any atom is -0.378 e. The van der Waals surface area contributed by atoms with Crippen LogP contribution in [0.25, 0.3) is 10.9 Å². The van der Waals surface area contributed by atoms with Gasteiger partial charge < -0.3 is 19.6 Å². The van der Waals surface area contributed by atoms with Gasteiger partial charge in [-0.2, -0.15) is 0 Å². The maximum absolute atomic E-state index is 12.9. The number of fused-ring (bicyclic) bond motifs is 1. The molecule has 1 amide bonds. The van der Waals surface area contributed by atoms with Crippen molar-refractivity contribution in [3.05, 3.63) is 33.9 Å². The van der Waals surface area contributed by atoms with E-state index < -0.39 is 0 Å². The molecule has 0 aliphatic heterocycles. The summed E-state index contributed by atoms with van der Waals surface area (Å²) in [6.07, 6.45) is 9.88. The summed E-state index contributed by atoms with van der Waals surface area (Å²) < 4.78 is 7.88. The zero-order valence-electron chi connectivity index (χ0n) is 16.6. The van der Waals surface area contributed by atoms with E-state index in [-0.39, 0.29) is 17.5 Å². The fourth-order valence-electron chi connectivity index (χ4n) is 3.98. The van der Waals surface area contributed by atoms with Crippen molar-refractivity contribution in [2.24, 2.45) is 0 Å². The van der Waals surface area contributed by atoms with E-state index in [1.54, 1.807) is 6.20 Å². The summed E-state index contributed by atoms with van der Waals surface area (Å²) in [6, 6.07) is 0.146. The monoisotopic (exact) mass is 373 g/mol. The highest BCUT2D eigenvalue weighted by molar-refractivity contribution is 6.07. The third-order valence-corrected chi connectivity index (χ3v) is 5.54. The Morgan fingerprint density at radius 3 is 2.70 bits per heavy atom. The molecule has 2 aromatic heterocycles. The molecule has 0 spiro atoms. The Bertz CT molecular complexity index is 844. The lowest BCUT2D eigenvalue weighted by molar-refractivity contribution is 0.0209. The molecule has 0 radical (unpaired) electrons. The number of ether oxygens (including phenoxy) is 1. The predicted molar refractivity (Wildman–Crippen MR) is 107 cm³/mol. The first kappa shape index (κ1) is 19.7. The van der Waals surface area contributed by atoms with E-state index >= 15 is 0 Å². The second-order valence-electron chi connectivity index (χ2n) is 7.52. The molecule has 0 unspecified atom stereocenters. The number of H-pyrrole nitrogens is 1. The molecule has 0 atom stereocenters. The molecule has 1 aliphatic rings. The molecular weight excluding hydrogens is 342 g/mol. The smallest absolute Gasteiger partial charge is 0.258 e. The van der Waals surface area contributed by atoms with Crippen LogP contribution in [0, 0.1) is 6.92 Å². The van der Waals surface area contributed by atoms with Gasteiger partial charge in [0.2, 0.25) is 0 Å². The van der Waals surface area contributed by atoms with Gasteiger partial charge in [-0.1, -0.05) is 13.3 Å². The molecule has 2 aromatic rings. The Balaban J connectivity index is 1.69. The van der Waals surface area contributed by atoms with Crippen molar-refractivity contribution in [1.29, 1.82) is 0 Å². The number of carbonyl (C=O) groups excluding carboxylic acids is 1. The number of nitrogens with zero attached hydrogens (tertiary/aromatic N) is 1. The molecule has 0 aromatic carbocycles. The first-order valence-electron chi connectivity index (χ1n) is 10.2. The molecule has 2 N–H and O–H groups in total. The van der Waals surface area contributed by atoms with Crippen LogP contribution in [0.4, 0.5) is 0 Å². The Hall–Kier alpha value is -2.08. The van der Waals surface area contributed by atoms with E-state index in [0.717, 1.165) is 56.2 Å². The van der Waals surface area contributed by atoms with Gasteiger partial charge in [-0.05, 0) is 51.5 Å². The van der Waals surface area contributed by atoms with Gasteiger partial charge in [-0.3, -0.25) is 9.59 Å². The van der Waals surface area contributed by atoms with Gasteiger partial charge >= 0.3 is 0 Å². The average molecular weight is 373 g/mol. The SMILES string of the molecule is CCCCOC1CCC(NC(=O)c2cn(CC)c3c(C)c[nH]c(=O)c23)CC1. The number of aromatic nitrogens is 2. The summed E-state index contributed by atoms with van der Waals surface area (Å²) in [6.45, 7) is 7.68. The van der Waals surface area contributed by atoms with E-state index in [1.807, 2.05) is 24.6 Å². The standard InChI is InChI=1S/C21H31N3O3/c1-4-6-11-27-16-9-7-15(8-10-16)23-20(25)17-13-24(5-2)19-14(3)12-22-21(26)18(17)19/h12-13,15-16H,4-11H2,1-3H3,(H,22,26)(H,23,25). The van der Waals surface area contributed by atoms with Crippen molar-refractivity contribution in [1.82, 2.24) is 14.9 Å². The Morgan fingerprint density at radius 2 is 2.04 bits per heavy atom. The second kappa shape index (κ2) is 8.74. The third kappa shape index (κ3) is 4.26. The number of unbranched alkanes of at least 4 members (excludes halogenated alkanes) is 1. The van der Waals surface area contributed by atoms with Crippen LogP contribution in [0.1, 0.15) is 68.3 Å². The number of aromatic amines is 1. The maximum Gasteiger partial charge on any atom is 0.258 e. The fraction of sp³-hybridized carbons (Fsp3) is 0.619. The van der Waals surface area contributed by atoms with Crippen molar-refractivity contribution >= 4 is 16.8 Å². The van der Waals surface area contributed by atoms with Crippen LogP contribution >= 0.6 is 0 Å². The topological polar surface area (TPSA) is 76.1 Å². The van der Waals surface area contributed by atoms with E-state index in [2.05, 4.69) is 17.2 Å². The van der Waals surface area contributed by atoms with Crippen LogP contribution in [-0.2, 0) is 11.3 Å². The minimum absolute atomic E-state index is 0.146. The number of pyridine rings is 1. The van der Waals surface area contributed by atoms with Gasteiger partial charge in [0.25, 0.3) is 11.5 Å². The van der Waals surface area contributed by atoms with Gasteiger partial charge in [0.15, 0.2) is 0 Å². The molecular formula is C21H31N3O3. The molecule has 2 heterocycles. The Labute approximate surface area is 160 Å². The van der Waals surface area contributed by atoms with Gasteiger partial charge in [-0.15, -0.1) is 0 Å². The van der Waals surface area contributed by atoms with Gasteiger partial charge in [0.05, 0.1) is 22.6 Å². The summed E-state index contributed by atoms with van der Waals surface area (Å²) in [7, 11) is 0. The van der Waals surface area contributed by atoms with Crippen LogP contribution in [-0.4, -0.2) is 34.2 Å². The number of hydrogen-bond donors (Lipinski definition) is 2. The summed E-state index contributed by atoms with van der Waals surface area (Å²) in [4.78, 5) is 28.0. The fourth-order valence-corrected chi connectivity index (χ4v) is 3.98. The lowest BCUT2D eigenvalue weighted by Crippen LogP contribution is -2.39. The normalized spacial score (nSPS) is 20.1. The first-order valence-corrected chi connectivity index (χ1v) is 10.2. The van der Waals surface area contributed by atoms with Crippen molar-refractivity contribution in [3.63, 3.8) is 0 Å². The van der Waals surface area contributed by atoms with Crippen LogP contribution in [0.2, 0.25) is 0 Å². The number of rotatable bonds is 7. The van der Waals surface area contributed by atoms with E-state index in [4.69, 9.17) is 4.74 Å². The largest absolute Gasteiger partial charge is 0.378 e. The molecule has 3 rings (SSSR count). The zero-order chi connectivity index (χ0) is 19.4. The van der Waals surface area contributed by atoms with E-state index in [9.17, 15) is 9.59 Å². The molecule has 27 heavy (non-hydrogen) atoms. The third-order valence-electron chi connectivity index (χ3n) is 5.54. The molecule has 1 aliphatic carbocycles. The maximum atomic E-state index is 12.9. The Morgan fingerprint density at radius 1 is 1.30 bits per heavy atom. The number of nitrogens with one attached hydrogen (secondary N) is 2. The summed E-state index contributed by atoms with van der Waals surface area (Å²) in [5.74, 6) is -0.154. The average Bonchev–Trinajstić information content (AvgIpc) is 3.07. The number of aryl methyl sites for hydroxylation is 2. The number of carbonyl (C=O) groups is 1. The van der Waals surface area contributed by atoms with Crippen molar-refractivity contribution < 1.29 is 9.53 Å². The molecule has 0 bridgehead atoms. The highest BCUT2D eigenvalue weighted by Crippen LogP contribution is 2.24. The number of hydrogen-bond acceptors (Lipinski definition) is 3. The van der Waals surface area contributed by atoms with Crippen LogP contribution < -0.4 is 10.9 Å². The van der Waals surface area contributed by atoms with Crippen molar-refractivity contribution in [3.8, 4) is 0 Å². The molecule has 6 nitrogen and oxygen atoms in total. The van der Waals surface area contributed by atoms with Crippen LogP contribution in [0.3, 0.4) is 0 Å². The van der Waals surface area contributed by atoms with Crippen LogP contribution in [0.15, 0.2) is 17.2 Å². The lowest BCUT2D eigenvalue weighted by atomic mass is 9.92. The van der Waals surface area contributed by atoms with Gasteiger partial charge in [-0.25, -0.2) is 0 Å². The zero-order valence-corrected chi connectivity index (χ0v) is 16.6. The van der Waals surface area contributed by atoms with Crippen LogP contribution in [0.5, 0.6) is 0 Å². The molecule has 1 fully saturated rings. The van der Waals surface area contributed by atoms with E-state index in [1.165, 1.54) is 0 Å². The Kier molecular flexibility index (Phi) is 6.37. The second-order valence-corrected chi connectivity index (χ2v) is 7.52. The van der Waals surface area contributed by atoms with Gasteiger partial charge in [0, 0.05) is 31.6 Å². The van der Waals surface area contributed by atoms with Crippen molar-refractivity contribution in [2.75, 3.05) is 6.61 Å². The molecule has 6 heteroatoms. The summed E-state index contributed by atoms with van der Waals surface area (Å²) in [5.41, 5.74) is 2.08. The highest BCUT2D eigenvalue weighted by atomic mass is 16.5. The predicted octanol–water partition coefficient (Wildman–Crippen LogP) is 3.52. The molecule has 1 saturated carbocycles. The highest BCUT2D eigenvalue weighted by Gasteiger charge is 2.25. The van der Waals surface area contributed by atoms with E-state index in [0.29, 0.717) is 23.6 Å². The summed E-state index contributed by atoms with van der Waals surface area (Å²) >= 11 is 0. The minimum atomic E-state index is -0.207. The first-order chi connectivity index (χ1) is 13.0. The lowest BCUT2D eigenvalue weighted by Gasteiger charge is -2.29. The van der Waals surface area contributed by atoms with Gasteiger partial charge in [0.1, 0.15) is 0 Å². The number of amides is 1. The van der Waals surface area contributed by atoms with Crippen molar-refractivity contribution in [2.45, 2.75) is 78.0 Å². The molecule has 0 saturated heterocycles. The quantitative estimate of drug-likeness (QED) is 0.729.